The van der Waals surface area contributed by atoms with Crippen LogP contribution in [0.3, 0.4) is 0 Å². The van der Waals surface area contributed by atoms with Gasteiger partial charge in [-0.3, -0.25) is 4.68 Å². The molecule has 0 saturated heterocycles. The highest BCUT2D eigenvalue weighted by Crippen LogP contribution is 2.21. The van der Waals surface area contributed by atoms with Gasteiger partial charge in [0.25, 0.3) is 0 Å². The van der Waals surface area contributed by atoms with Crippen molar-refractivity contribution in [1.82, 2.24) is 15.1 Å². The molecular formula is C17H25N3O. The number of nitrogens with one attached hydrogen (secondary N) is 1. The largest absolute Gasteiger partial charge is 0.396 e. The number of aromatic nitrogens is 2. The van der Waals surface area contributed by atoms with Crippen molar-refractivity contribution < 1.29 is 5.11 Å². The van der Waals surface area contributed by atoms with Gasteiger partial charge >= 0.3 is 0 Å². The monoisotopic (exact) mass is 287 g/mol. The predicted molar refractivity (Wildman–Crippen MR) is 85.1 cm³/mol. The highest BCUT2D eigenvalue weighted by Gasteiger charge is 2.15. The summed E-state index contributed by atoms with van der Waals surface area (Å²) >= 11 is 0. The highest BCUT2D eigenvalue weighted by atomic mass is 16.3. The van der Waals surface area contributed by atoms with Gasteiger partial charge in [0.15, 0.2) is 0 Å². The lowest BCUT2D eigenvalue weighted by molar-refractivity contribution is 0.271. The molecule has 2 unspecified atom stereocenters. The van der Waals surface area contributed by atoms with E-state index in [-0.39, 0.29) is 6.61 Å². The summed E-state index contributed by atoms with van der Waals surface area (Å²) in [5, 5.41) is 17.2. The summed E-state index contributed by atoms with van der Waals surface area (Å²) < 4.78 is 1.84. The smallest absolute Gasteiger partial charge is 0.0537 e. The molecule has 114 valence electrons. The Morgan fingerprint density at radius 1 is 1.24 bits per heavy atom. The van der Waals surface area contributed by atoms with Crippen molar-refractivity contribution >= 4 is 0 Å². The van der Waals surface area contributed by atoms with Gasteiger partial charge in [-0.05, 0) is 24.3 Å². The van der Waals surface area contributed by atoms with E-state index in [0.717, 1.165) is 19.4 Å². The molecule has 21 heavy (non-hydrogen) atoms. The average Bonchev–Trinajstić information content (AvgIpc) is 2.94. The molecule has 0 bridgehead atoms. The summed E-state index contributed by atoms with van der Waals surface area (Å²) in [5.41, 5.74) is 2.50. The third kappa shape index (κ3) is 4.41. The van der Waals surface area contributed by atoms with Crippen molar-refractivity contribution in [2.24, 2.45) is 7.05 Å². The number of hydrogen-bond acceptors (Lipinski definition) is 3. The van der Waals surface area contributed by atoms with Gasteiger partial charge in [-0.25, -0.2) is 0 Å². The fourth-order valence-corrected chi connectivity index (χ4v) is 2.67. The second-order valence-corrected chi connectivity index (χ2v) is 5.44. The summed E-state index contributed by atoms with van der Waals surface area (Å²) in [4.78, 5) is 0. The van der Waals surface area contributed by atoms with E-state index in [1.54, 1.807) is 0 Å². The van der Waals surface area contributed by atoms with Gasteiger partial charge < -0.3 is 10.4 Å². The fraction of sp³-hybridized carbons (Fsp3) is 0.471. The zero-order valence-corrected chi connectivity index (χ0v) is 12.9. The zero-order chi connectivity index (χ0) is 15.1. The van der Waals surface area contributed by atoms with Crippen molar-refractivity contribution in [3.8, 4) is 0 Å². The van der Waals surface area contributed by atoms with E-state index < -0.39 is 0 Å². The van der Waals surface area contributed by atoms with Crippen LogP contribution in [0.4, 0.5) is 0 Å². The number of rotatable bonds is 8. The second kappa shape index (κ2) is 7.96. The normalized spacial score (nSPS) is 14.0. The Hall–Kier alpha value is -1.65. The van der Waals surface area contributed by atoms with Crippen LogP contribution in [0.2, 0.25) is 0 Å². The number of aliphatic hydroxyl groups is 1. The minimum atomic E-state index is 0.213. The second-order valence-electron chi connectivity index (χ2n) is 5.44. The van der Waals surface area contributed by atoms with Crippen LogP contribution in [-0.4, -0.2) is 28.0 Å². The van der Waals surface area contributed by atoms with Gasteiger partial charge in [-0.1, -0.05) is 37.3 Å². The molecular weight excluding hydrogens is 262 g/mol. The molecule has 0 radical (unpaired) electrons. The quantitative estimate of drug-likeness (QED) is 0.784. The van der Waals surface area contributed by atoms with Gasteiger partial charge in [-0.15, -0.1) is 0 Å². The molecule has 0 amide bonds. The first-order valence-corrected chi connectivity index (χ1v) is 7.62. The van der Waals surface area contributed by atoms with Gasteiger partial charge in [0.05, 0.1) is 6.20 Å². The van der Waals surface area contributed by atoms with Gasteiger partial charge in [0, 0.05) is 38.0 Å². The zero-order valence-electron chi connectivity index (χ0n) is 12.9. The Labute approximate surface area is 126 Å². The molecule has 2 N–H and O–H groups in total. The van der Waals surface area contributed by atoms with E-state index >= 15 is 0 Å². The maximum atomic E-state index is 9.30. The van der Waals surface area contributed by atoms with E-state index in [1.165, 1.54) is 11.1 Å². The number of aryl methyl sites for hydroxylation is 1. The van der Waals surface area contributed by atoms with Crippen LogP contribution in [0.5, 0.6) is 0 Å². The van der Waals surface area contributed by atoms with Crippen LogP contribution < -0.4 is 5.32 Å². The first kappa shape index (κ1) is 15.7. The fourth-order valence-electron chi connectivity index (χ4n) is 2.67. The van der Waals surface area contributed by atoms with E-state index in [9.17, 15) is 5.11 Å². The Balaban J connectivity index is 2.00. The lowest BCUT2D eigenvalue weighted by Gasteiger charge is -2.21. The molecule has 0 saturated carbocycles. The van der Waals surface area contributed by atoms with Crippen molar-refractivity contribution in [1.29, 1.82) is 0 Å². The molecule has 0 aliphatic rings. The Kier molecular flexibility index (Phi) is 5.96. The molecule has 2 rings (SSSR count). The van der Waals surface area contributed by atoms with Crippen LogP contribution >= 0.6 is 0 Å². The molecule has 0 aliphatic heterocycles. The molecule has 2 atom stereocenters. The van der Waals surface area contributed by atoms with Crippen molar-refractivity contribution in [3.63, 3.8) is 0 Å². The summed E-state index contributed by atoms with van der Waals surface area (Å²) in [6.07, 6.45) is 5.78. The molecule has 0 aliphatic carbocycles. The molecule has 4 heteroatoms. The third-order valence-corrected chi connectivity index (χ3v) is 3.89. The molecule has 1 heterocycles. The van der Waals surface area contributed by atoms with E-state index in [1.807, 2.05) is 24.0 Å². The number of benzene rings is 1. The minimum absolute atomic E-state index is 0.213. The topological polar surface area (TPSA) is 50.1 Å². The molecule has 2 aromatic rings. The van der Waals surface area contributed by atoms with Crippen LogP contribution in [0.15, 0.2) is 42.7 Å². The maximum Gasteiger partial charge on any atom is 0.0537 e. The van der Waals surface area contributed by atoms with Crippen molar-refractivity contribution in [2.45, 2.75) is 31.7 Å². The van der Waals surface area contributed by atoms with Gasteiger partial charge in [0.2, 0.25) is 0 Å². The van der Waals surface area contributed by atoms with E-state index in [0.29, 0.717) is 12.0 Å². The molecule has 0 spiro atoms. The molecule has 1 aromatic carbocycles. The Bertz CT molecular complexity index is 524. The number of aliphatic hydroxyl groups excluding tert-OH is 1. The minimum Gasteiger partial charge on any atom is -0.396 e. The van der Waals surface area contributed by atoms with Crippen LogP contribution in [0, 0.1) is 0 Å². The van der Waals surface area contributed by atoms with Crippen LogP contribution in [0.25, 0.3) is 0 Å². The summed E-state index contributed by atoms with van der Waals surface area (Å²) in [6.45, 7) is 3.25. The first-order valence-electron chi connectivity index (χ1n) is 7.62. The predicted octanol–water partition coefficient (Wildman–Crippen LogP) is 2.63. The summed E-state index contributed by atoms with van der Waals surface area (Å²) in [6, 6.07) is 10.7. The van der Waals surface area contributed by atoms with Gasteiger partial charge in [0.1, 0.15) is 0 Å². The third-order valence-electron chi connectivity index (χ3n) is 3.89. The average molecular weight is 287 g/mol. The Morgan fingerprint density at radius 3 is 2.57 bits per heavy atom. The summed E-state index contributed by atoms with van der Waals surface area (Å²) in [7, 11) is 1.94. The maximum absolute atomic E-state index is 9.30. The SMILES string of the molecule is CCC(NCC(CCO)c1ccccc1)c1cnn(C)c1. The molecule has 1 aromatic heterocycles. The molecule has 4 nitrogen and oxygen atoms in total. The number of hydrogen-bond donors (Lipinski definition) is 2. The van der Waals surface area contributed by atoms with E-state index in [4.69, 9.17) is 0 Å². The standard InChI is InChI=1S/C17H25N3O/c1-3-17(16-12-19-20(2)13-16)18-11-15(9-10-21)14-7-5-4-6-8-14/h4-8,12-13,15,17-18,21H,3,9-11H2,1-2H3. The lowest BCUT2D eigenvalue weighted by Crippen LogP contribution is -2.26. The van der Waals surface area contributed by atoms with Crippen LogP contribution in [0.1, 0.15) is 42.9 Å². The van der Waals surface area contributed by atoms with Gasteiger partial charge in [-0.2, -0.15) is 5.10 Å². The Morgan fingerprint density at radius 2 is 2.00 bits per heavy atom. The molecule has 0 fully saturated rings. The summed E-state index contributed by atoms with van der Waals surface area (Å²) in [5.74, 6) is 0.335. The van der Waals surface area contributed by atoms with Crippen LogP contribution in [-0.2, 0) is 7.05 Å². The van der Waals surface area contributed by atoms with E-state index in [2.05, 4.69) is 47.8 Å². The lowest BCUT2D eigenvalue weighted by atomic mass is 9.95. The highest BCUT2D eigenvalue weighted by molar-refractivity contribution is 5.20. The van der Waals surface area contributed by atoms with Crippen molar-refractivity contribution in [3.05, 3.63) is 53.9 Å². The number of nitrogens with zero attached hydrogens (tertiary/aromatic N) is 2. The first-order chi connectivity index (χ1) is 10.2. The van der Waals surface area contributed by atoms with Crippen molar-refractivity contribution in [2.75, 3.05) is 13.2 Å².